The van der Waals surface area contributed by atoms with E-state index >= 15 is 0 Å². The number of allylic oxidation sites excluding steroid dienone is 6. The van der Waals surface area contributed by atoms with Gasteiger partial charge in [0.05, 0.1) is 0 Å². The highest BCUT2D eigenvalue weighted by Crippen LogP contribution is 2.61. The molecule has 236 valence electrons. The lowest BCUT2D eigenvalue weighted by atomic mass is 9.87. The monoisotopic (exact) mass is 626 g/mol. The van der Waals surface area contributed by atoms with E-state index in [4.69, 9.17) is 9.47 Å². The predicted octanol–water partition coefficient (Wildman–Crippen LogP) is 7.65. The molecule has 1 aromatic rings. The van der Waals surface area contributed by atoms with Crippen molar-refractivity contribution in [3.63, 3.8) is 0 Å². The third-order valence-corrected chi connectivity index (χ3v) is 11.4. The standard InChI is InChI=1S/C31H48O9P2/c1-22(2)10-7-11-23(3)12-8-13-24(4)14-9-18-31(6)19-17-26-21-27(20-25(5)30(26)40-31)39-28(32)15-16-29(41(33,34)35)42(36,37)38/h10,12,14,20-21,29H,7-9,11,13,15-19H2,1-6H3,(H2,33,34,35)(H2,36,37,38). The molecule has 0 amide bonds. The highest BCUT2D eigenvalue weighted by Gasteiger charge is 2.43. The molecule has 1 atom stereocenters. The predicted molar refractivity (Wildman–Crippen MR) is 166 cm³/mol. The summed E-state index contributed by atoms with van der Waals surface area (Å²) in [7, 11) is -10.2. The van der Waals surface area contributed by atoms with E-state index < -0.39 is 39.4 Å². The molecule has 0 radical (unpaired) electrons. The Kier molecular flexibility index (Phi) is 13.5. The van der Waals surface area contributed by atoms with Gasteiger partial charge in [-0.05, 0) is 123 Å². The van der Waals surface area contributed by atoms with E-state index in [1.165, 1.54) is 16.7 Å². The number of hydrogen-bond donors (Lipinski definition) is 4. The van der Waals surface area contributed by atoms with Crippen molar-refractivity contribution in [1.82, 2.24) is 0 Å². The van der Waals surface area contributed by atoms with E-state index in [0.717, 1.165) is 68.2 Å². The van der Waals surface area contributed by atoms with E-state index in [2.05, 4.69) is 52.8 Å². The van der Waals surface area contributed by atoms with E-state index in [1.807, 2.05) is 6.92 Å². The fourth-order valence-corrected chi connectivity index (χ4v) is 7.50. The van der Waals surface area contributed by atoms with Crippen molar-refractivity contribution >= 4 is 21.2 Å². The number of fused-ring (bicyclic) bond motifs is 1. The Morgan fingerprint density at radius 2 is 1.52 bits per heavy atom. The highest BCUT2D eigenvalue weighted by molar-refractivity contribution is 7.70. The minimum absolute atomic E-state index is 0.257. The topological polar surface area (TPSA) is 151 Å². The molecule has 1 unspecified atom stereocenters. The van der Waals surface area contributed by atoms with Crippen molar-refractivity contribution in [2.45, 2.75) is 117 Å². The molecule has 1 aromatic carbocycles. The quantitative estimate of drug-likeness (QED) is 0.0666. The maximum Gasteiger partial charge on any atom is 0.340 e. The summed E-state index contributed by atoms with van der Waals surface area (Å²) in [5, 5.41) is -2.24. The Bertz CT molecular complexity index is 1260. The fourth-order valence-electron chi connectivity index (χ4n) is 5.00. The van der Waals surface area contributed by atoms with E-state index in [0.29, 0.717) is 0 Å². The van der Waals surface area contributed by atoms with Gasteiger partial charge in [-0.2, -0.15) is 0 Å². The molecule has 11 heteroatoms. The largest absolute Gasteiger partial charge is 0.487 e. The lowest BCUT2D eigenvalue weighted by Gasteiger charge is -2.37. The van der Waals surface area contributed by atoms with Gasteiger partial charge in [0, 0.05) is 6.42 Å². The molecule has 1 heterocycles. The summed E-state index contributed by atoms with van der Waals surface area (Å²) < 4.78 is 34.7. The average Bonchev–Trinajstić information content (AvgIpc) is 2.83. The second-order valence-corrected chi connectivity index (χ2v) is 16.0. The van der Waals surface area contributed by atoms with Gasteiger partial charge in [-0.15, -0.1) is 0 Å². The number of carbonyl (C=O) groups is 1. The van der Waals surface area contributed by atoms with Crippen LogP contribution >= 0.6 is 15.2 Å². The van der Waals surface area contributed by atoms with E-state index in [9.17, 15) is 33.5 Å². The summed E-state index contributed by atoms with van der Waals surface area (Å²) in [6.07, 6.45) is 13.3. The minimum Gasteiger partial charge on any atom is -0.487 e. The maximum atomic E-state index is 12.3. The molecule has 9 nitrogen and oxygen atoms in total. The lowest BCUT2D eigenvalue weighted by molar-refractivity contribution is -0.134. The Balaban J connectivity index is 1.91. The van der Waals surface area contributed by atoms with Gasteiger partial charge >= 0.3 is 21.2 Å². The van der Waals surface area contributed by atoms with Crippen molar-refractivity contribution < 1.29 is 43.0 Å². The van der Waals surface area contributed by atoms with Crippen LogP contribution in [0.2, 0.25) is 0 Å². The normalized spacial score (nSPS) is 18.0. The number of hydrogen-bond acceptors (Lipinski definition) is 5. The van der Waals surface area contributed by atoms with Gasteiger partial charge in [-0.3, -0.25) is 13.9 Å². The van der Waals surface area contributed by atoms with Crippen LogP contribution in [0.3, 0.4) is 0 Å². The van der Waals surface area contributed by atoms with Crippen molar-refractivity contribution in [2.75, 3.05) is 0 Å². The van der Waals surface area contributed by atoms with Crippen LogP contribution in [0.15, 0.2) is 47.1 Å². The van der Waals surface area contributed by atoms with Crippen molar-refractivity contribution in [1.29, 1.82) is 0 Å². The van der Waals surface area contributed by atoms with Gasteiger partial charge < -0.3 is 29.0 Å². The summed E-state index contributed by atoms with van der Waals surface area (Å²) in [6.45, 7) is 12.6. The summed E-state index contributed by atoms with van der Waals surface area (Å²) in [5.41, 5.74) is 5.54. The van der Waals surface area contributed by atoms with E-state index in [1.54, 1.807) is 12.1 Å². The summed E-state index contributed by atoms with van der Waals surface area (Å²) in [4.78, 5) is 49.3. The van der Waals surface area contributed by atoms with Crippen molar-refractivity contribution in [3.8, 4) is 11.5 Å². The SMILES string of the molecule is CC(C)=CCCC(C)=CCCC(C)=CCCC1(C)CCc2cc(OC(=O)CCC(P(=O)(O)O)P(=O)(O)O)cc(C)c2O1. The Labute approximate surface area is 250 Å². The van der Waals surface area contributed by atoms with Gasteiger partial charge in [0.1, 0.15) is 17.1 Å². The van der Waals surface area contributed by atoms with Crippen LogP contribution in [0, 0.1) is 6.92 Å². The van der Waals surface area contributed by atoms with Crippen LogP contribution in [0.1, 0.15) is 104 Å². The van der Waals surface area contributed by atoms with Gasteiger partial charge in [0.25, 0.3) is 0 Å². The maximum absolute atomic E-state index is 12.3. The first-order valence-electron chi connectivity index (χ1n) is 14.5. The molecule has 1 aliphatic heterocycles. The van der Waals surface area contributed by atoms with Gasteiger partial charge in [0.2, 0.25) is 0 Å². The third kappa shape index (κ3) is 12.3. The first-order valence-corrected chi connectivity index (χ1v) is 17.8. The Hall–Kier alpha value is -1.99. The lowest BCUT2D eigenvalue weighted by Crippen LogP contribution is -2.36. The zero-order valence-corrected chi connectivity index (χ0v) is 27.5. The average molecular weight is 627 g/mol. The molecule has 0 saturated heterocycles. The number of aryl methyl sites for hydroxylation is 2. The second kappa shape index (κ2) is 15.7. The highest BCUT2D eigenvalue weighted by atomic mass is 31.2. The van der Waals surface area contributed by atoms with E-state index in [-0.39, 0.29) is 11.4 Å². The molecule has 0 saturated carbocycles. The van der Waals surface area contributed by atoms with Crippen molar-refractivity contribution in [3.05, 3.63) is 58.2 Å². The van der Waals surface area contributed by atoms with Crippen LogP contribution in [0.5, 0.6) is 11.5 Å². The summed E-state index contributed by atoms with van der Waals surface area (Å²) in [6, 6.07) is 3.37. The molecule has 2 rings (SSSR count). The molecule has 0 aliphatic carbocycles. The Morgan fingerprint density at radius 1 is 0.952 bits per heavy atom. The summed E-state index contributed by atoms with van der Waals surface area (Å²) in [5.74, 6) is 0.188. The number of benzene rings is 1. The van der Waals surface area contributed by atoms with Crippen LogP contribution < -0.4 is 9.47 Å². The number of ether oxygens (including phenoxy) is 2. The van der Waals surface area contributed by atoms with Crippen molar-refractivity contribution in [2.24, 2.45) is 0 Å². The zero-order chi connectivity index (χ0) is 31.7. The first-order chi connectivity index (χ1) is 19.4. The molecule has 0 bridgehead atoms. The van der Waals surface area contributed by atoms with Crippen LogP contribution in [-0.2, 0) is 20.3 Å². The minimum atomic E-state index is -5.10. The molecule has 4 N–H and O–H groups in total. The zero-order valence-electron chi connectivity index (χ0n) is 25.8. The molecule has 0 fully saturated rings. The number of esters is 1. The summed E-state index contributed by atoms with van der Waals surface area (Å²) >= 11 is 0. The van der Waals surface area contributed by atoms with Gasteiger partial charge in [0.15, 0.2) is 5.40 Å². The Morgan fingerprint density at radius 3 is 2.10 bits per heavy atom. The van der Waals surface area contributed by atoms with Gasteiger partial charge in [-0.1, -0.05) is 34.9 Å². The van der Waals surface area contributed by atoms with Crippen LogP contribution in [0.4, 0.5) is 0 Å². The molecule has 42 heavy (non-hydrogen) atoms. The molecule has 0 spiro atoms. The first kappa shape index (κ1) is 36.2. The third-order valence-electron chi connectivity index (χ3n) is 7.50. The fraction of sp³-hybridized carbons (Fsp3) is 0.581. The van der Waals surface area contributed by atoms with Gasteiger partial charge in [-0.25, -0.2) is 0 Å². The molecule has 1 aliphatic rings. The molecular formula is C31H48O9P2. The smallest absolute Gasteiger partial charge is 0.340 e. The molecule has 0 aromatic heterocycles. The second-order valence-electron chi connectivity index (χ2n) is 12.0. The van der Waals surface area contributed by atoms with Crippen LogP contribution in [-0.4, -0.2) is 36.5 Å². The number of rotatable bonds is 15. The molecular weight excluding hydrogens is 578 g/mol. The number of carbonyl (C=O) groups excluding carboxylic acids is 1. The van der Waals surface area contributed by atoms with Crippen LogP contribution in [0.25, 0.3) is 0 Å².